The van der Waals surface area contributed by atoms with Crippen LogP contribution in [-0.2, 0) is 9.53 Å². The summed E-state index contributed by atoms with van der Waals surface area (Å²) in [5.74, 6) is 0.530. The summed E-state index contributed by atoms with van der Waals surface area (Å²) in [5, 5.41) is 0. The second-order valence-corrected chi connectivity index (χ2v) is 4.48. The molecule has 1 unspecified atom stereocenters. The summed E-state index contributed by atoms with van der Waals surface area (Å²) in [4.78, 5) is 11.9. The van der Waals surface area contributed by atoms with E-state index in [9.17, 15) is 4.79 Å². The predicted octanol–water partition coefficient (Wildman–Crippen LogP) is 1.89. The maximum absolute atomic E-state index is 11.9. The SMILES string of the molecule is COCCCC(N)C(=O)C1CCCCC1. The van der Waals surface area contributed by atoms with Gasteiger partial charge in [0.25, 0.3) is 0 Å². The molecule has 88 valence electrons. The fourth-order valence-electron chi connectivity index (χ4n) is 2.28. The van der Waals surface area contributed by atoms with Crippen molar-refractivity contribution in [1.29, 1.82) is 0 Å². The summed E-state index contributed by atoms with van der Waals surface area (Å²) in [6.07, 6.45) is 7.43. The molecule has 0 bridgehead atoms. The van der Waals surface area contributed by atoms with Crippen LogP contribution >= 0.6 is 0 Å². The van der Waals surface area contributed by atoms with Crippen LogP contribution in [0, 0.1) is 5.92 Å². The summed E-state index contributed by atoms with van der Waals surface area (Å²) in [5.41, 5.74) is 5.88. The van der Waals surface area contributed by atoms with E-state index in [1.165, 1.54) is 19.3 Å². The number of hydrogen-bond donors (Lipinski definition) is 1. The first-order chi connectivity index (χ1) is 7.25. The highest BCUT2D eigenvalue weighted by atomic mass is 16.5. The number of carbonyl (C=O) groups excluding carboxylic acids is 1. The second kappa shape index (κ2) is 6.96. The second-order valence-electron chi connectivity index (χ2n) is 4.48. The van der Waals surface area contributed by atoms with Crippen molar-refractivity contribution < 1.29 is 9.53 Å². The number of Topliss-reactive ketones (excluding diaryl/α,β-unsaturated/α-hetero) is 1. The molecule has 0 radical (unpaired) electrons. The molecule has 3 nitrogen and oxygen atoms in total. The van der Waals surface area contributed by atoms with Gasteiger partial charge in [-0.3, -0.25) is 4.79 Å². The van der Waals surface area contributed by atoms with E-state index in [0.29, 0.717) is 6.61 Å². The minimum atomic E-state index is -0.261. The standard InChI is InChI=1S/C12H23NO2/c1-15-9-5-8-11(13)12(14)10-6-3-2-4-7-10/h10-11H,2-9,13H2,1H3. The molecule has 1 saturated carbocycles. The molecule has 0 aromatic heterocycles. The van der Waals surface area contributed by atoms with Gasteiger partial charge in [-0.2, -0.15) is 0 Å². The van der Waals surface area contributed by atoms with E-state index in [1.807, 2.05) is 0 Å². The lowest BCUT2D eigenvalue weighted by Gasteiger charge is -2.23. The minimum absolute atomic E-state index is 0.247. The Morgan fingerprint density at radius 2 is 2.07 bits per heavy atom. The molecule has 1 aliphatic rings. The molecule has 0 aromatic carbocycles. The zero-order valence-corrected chi connectivity index (χ0v) is 9.71. The maximum Gasteiger partial charge on any atom is 0.152 e. The summed E-state index contributed by atoms with van der Waals surface area (Å²) >= 11 is 0. The van der Waals surface area contributed by atoms with Crippen LogP contribution in [0.4, 0.5) is 0 Å². The fourth-order valence-corrected chi connectivity index (χ4v) is 2.28. The van der Waals surface area contributed by atoms with Crippen molar-refractivity contribution in [1.82, 2.24) is 0 Å². The number of carbonyl (C=O) groups is 1. The summed E-state index contributed by atoms with van der Waals surface area (Å²) in [7, 11) is 1.68. The van der Waals surface area contributed by atoms with E-state index in [1.54, 1.807) is 7.11 Å². The molecule has 2 N–H and O–H groups in total. The van der Waals surface area contributed by atoms with Crippen molar-refractivity contribution in [3.05, 3.63) is 0 Å². The average Bonchev–Trinajstić information content (AvgIpc) is 2.29. The molecular weight excluding hydrogens is 190 g/mol. The summed E-state index contributed by atoms with van der Waals surface area (Å²) in [6.45, 7) is 0.700. The molecular formula is C12H23NO2. The van der Waals surface area contributed by atoms with Gasteiger partial charge in [0.1, 0.15) is 0 Å². The highest BCUT2D eigenvalue weighted by Gasteiger charge is 2.25. The topological polar surface area (TPSA) is 52.3 Å². The van der Waals surface area contributed by atoms with Gasteiger partial charge in [-0.1, -0.05) is 19.3 Å². The minimum Gasteiger partial charge on any atom is -0.385 e. The predicted molar refractivity (Wildman–Crippen MR) is 60.7 cm³/mol. The van der Waals surface area contributed by atoms with Crippen molar-refractivity contribution >= 4 is 5.78 Å². The van der Waals surface area contributed by atoms with Crippen molar-refractivity contribution in [2.45, 2.75) is 51.0 Å². The van der Waals surface area contributed by atoms with E-state index >= 15 is 0 Å². The van der Waals surface area contributed by atoms with Gasteiger partial charge in [0.2, 0.25) is 0 Å². The lowest BCUT2D eigenvalue weighted by molar-refractivity contribution is -0.125. The van der Waals surface area contributed by atoms with Crippen LogP contribution in [0.5, 0.6) is 0 Å². The molecule has 1 aliphatic carbocycles. The summed E-state index contributed by atoms with van der Waals surface area (Å²) in [6, 6.07) is -0.261. The molecule has 15 heavy (non-hydrogen) atoms. The fraction of sp³-hybridized carbons (Fsp3) is 0.917. The lowest BCUT2D eigenvalue weighted by atomic mass is 9.83. The largest absolute Gasteiger partial charge is 0.385 e. The molecule has 0 heterocycles. The van der Waals surface area contributed by atoms with Crippen molar-refractivity contribution in [2.75, 3.05) is 13.7 Å². The van der Waals surface area contributed by atoms with Gasteiger partial charge in [-0.05, 0) is 25.7 Å². The Kier molecular flexibility index (Phi) is 5.88. The van der Waals surface area contributed by atoms with Gasteiger partial charge in [0, 0.05) is 19.6 Å². The van der Waals surface area contributed by atoms with E-state index in [4.69, 9.17) is 10.5 Å². The van der Waals surface area contributed by atoms with Crippen LogP contribution in [0.25, 0.3) is 0 Å². The maximum atomic E-state index is 11.9. The zero-order chi connectivity index (χ0) is 11.1. The van der Waals surface area contributed by atoms with Crippen LogP contribution in [0.3, 0.4) is 0 Å². The monoisotopic (exact) mass is 213 g/mol. The highest BCUT2D eigenvalue weighted by Crippen LogP contribution is 2.25. The summed E-state index contributed by atoms with van der Waals surface area (Å²) < 4.78 is 4.95. The Hall–Kier alpha value is -0.410. The molecule has 1 rings (SSSR count). The van der Waals surface area contributed by atoms with Crippen molar-refractivity contribution in [3.63, 3.8) is 0 Å². The molecule has 1 atom stereocenters. The Bertz CT molecular complexity index is 188. The first kappa shape index (κ1) is 12.7. The lowest BCUT2D eigenvalue weighted by Crippen LogP contribution is -2.36. The third-order valence-corrected chi connectivity index (χ3v) is 3.24. The zero-order valence-electron chi connectivity index (χ0n) is 9.71. The van der Waals surface area contributed by atoms with E-state index in [0.717, 1.165) is 25.7 Å². The molecule has 0 spiro atoms. The van der Waals surface area contributed by atoms with Gasteiger partial charge < -0.3 is 10.5 Å². The molecule has 1 fully saturated rings. The molecule has 0 aliphatic heterocycles. The Labute approximate surface area is 92.4 Å². The van der Waals surface area contributed by atoms with Crippen molar-refractivity contribution in [3.8, 4) is 0 Å². The van der Waals surface area contributed by atoms with Crippen LogP contribution in [0.2, 0.25) is 0 Å². The Morgan fingerprint density at radius 1 is 1.40 bits per heavy atom. The average molecular weight is 213 g/mol. The number of methoxy groups -OCH3 is 1. The third kappa shape index (κ3) is 4.31. The van der Waals surface area contributed by atoms with Crippen LogP contribution < -0.4 is 5.73 Å². The first-order valence-corrected chi connectivity index (χ1v) is 6.04. The number of ether oxygens (including phenoxy) is 1. The van der Waals surface area contributed by atoms with Crippen LogP contribution in [0.15, 0.2) is 0 Å². The molecule has 0 amide bonds. The Balaban J connectivity index is 2.24. The van der Waals surface area contributed by atoms with Gasteiger partial charge in [0.15, 0.2) is 5.78 Å². The number of nitrogens with two attached hydrogens (primary N) is 1. The van der Waals surface area contributed by atoms with E-state index in [2.05, 4.69) is 0 Å². The molecule has 3 heteroatoms. The normalized spacial score (nSPS) is 20.1. The van der Waals surface area contributed by atoms with Gasteiger partial charge in [0.05, 0.1) is 6.04 Å². The number of hydrogen-bond acceptors (Lipinski definition) is 3. The van der Waals surface area contributed by atoms with Gasteiger partial charge >= 0.3 is 0 Å². The van der Waals surface area contributed by atoms with E-state index in [-0.39, 0.29) is 17.7 Å². The number of ketones is 1. The quantitative estimate of drug-likeness (QED) is 0.685. The molecule has 0 saturated heterocycles. The number of rotatable bonds is 6. The highest BCUT2D eigenvalue weighted by molar-refractivity contribution is 5.86. The van der Waals surface area contributed by atoms with E-state index < -0.39 is 0 Å². The third-order valence-electron chi connectivity index (χ3n) is 3.24. The smallest absolute Gasteiger partial charge is 0.152 e. The van der Waals surface area contributed by atoms with Crippen LogP contribution in [-0.4, -0.2) is 25.5 Å². The molecule has 0 aromatic rings. The van der Waals surface area contributed by atoms with Gasteiger partial charge in [-0.15, -0.1) is 0 Å². The van der Waals surface area contributed by atoms with Gasteiger partial charge in [-0.25, -0.2) is 0 Å². The first-order valence-electron chi connectivity index (χ1n) is 6.04. The van der Waals surface area contributed by atoms with Crippen LogP contribution in [0.1, 0.15) is 44.9 Å². The van der Waals surface area contributed by atoms with Crippen molar-refractivity contribution in [2.24, 2.45) is 11.7 Å². The Morgan fingerprint density at radius 3 is 2.67 bits per heavy atom.